The molecule has 2 fully saturated rings. The van der Waals surface area contributed by atoms with Crippen molar-refractivity contribution >= 4 is 11.4 Å². The first kappa shape index (κ1) is 17.0. The van der Waals surface area contributed by atoms with Crippen LogP contribution in [-0.4, -0.2) is 31.4 Å². The van der Waals surface area contributed by atoms with Crippen LogP contribution in [0.1, 0.15) is 32.3 Å². The molecule has 1 heterocycles. The maximum Gasteiger partial charge on any atom is 0.0736 e. The van der Waals surface area contributed by atoms with E-state index in [0.29, 0.717) is 11.6 Å². The molecule has 0 aromatic heterocycles. The molecule has 3 rings (SSSR count). The minimum atomic E-state index is -0.444. The molecule has 2 aliphatic rings. The van der Waals surface area contributed by atoms with Gasteiger partial charge >= 0.3 is 0 Å². The highest BCUT2D eigenvalue weighted by Gasteiger charge is 2.39. The Morgan fingerprint density at radius 3 is 2.46 bits per heavy atom. The van der Waals surface area contributed by atoms with E-state index >= 15 is 0 Å². The Labute approximate surface area is 145 Å². The Hall–Kier alpha value is -1.81. The molecule has 1 saturated carbocycles. The van der Waals surface area contributed by atoms with Crippen molar-refractivity contribution in [3.05, 3.63) is 42.1 Å². The van der Waals surface area contributed by atoms with Crippen LogP contribution in [0.25, 0.3) is 0 Å². The lowest BCUT2D eigenvalue weighted by Crippen LogP contribution is -2.47. The molecule has 1 aromatic rings. The zero-order valence-corrected chi connectivity index (χ0v) is 15.1. The van der Waals surface area contributed by atoms with Crippen LogP contribution in [-0.2, 0) is 0 Å². The predicted molar refractivity (Wildman–Crippen MR) is 102 cm³/mol. The van der Waals surface area contributed by atoms with Gasteiger partial charge in [0.1, 0.15) is 0 Å². The summed E-state index contributed by atoms with van der Waals surface area (Å²) in [6, 6.07) is 8.00. The number of anilines is 1. The zero-order valence-electron chi connectivity index (χ0n) is 15.1. The van der Waals surface area contributed by atoms with E-state index in [2.05, 4.69) is 36.4 Å². The monoisotopic (exact) mass is 326 g/mol. The van der Waals surface area contributed by atoms with Gasteiger partial charge in [-0.1, -0.05) is 24.8 Å². The molecule has 1 saturated heterocycles. The molecule has 0 bridgehead atoms. The first-order valence-corrected chi connectivity index (χ1v) is 8.96. The van der Waals surface area contributed by atoms with E-state index in [1.54, 1.807) is 0 Å². The van der Waals surface area contributed by atoms with E-state index in [1.165, 1.54) is 12.8 Å². The van der Waals surface area contributed by atoms with E-state index in [9.17, 15) is 0 Å². The Morgan fingerprint density at radius 1 is 1.21 bits per heavy atom. The summed E-state index contributed by atoms with van der Waals surface area (Å²) in [5.74, 6) is 2.15. The summed E-state index contributed by atoms with van der Waals surface area (Å²) in [5.41, 5.74) is 3.18. The van der Waals surface area contributed by atoms with Crippen LogP contribution >= 0.6 is 0 Å². The lowest BCUT2D eigenvalue weighted by Gasteiger charge is -2.32. The Kier molecular flexibility index (Phi) is 4.68. The number of fused-ring (bicyclic) bond motifs is 1. The van der Waals surface area contributed by atoms with Gasteiger partial charge in [0.2, 0.25) is 0 Å². The first-order chi connectivity index (χ1) is 11.4. The third kappa shape index (κ3) is 3.20. The number of allylic oxidation sites excluding steroid dienone is 1. The fourth-order valence-corrected chi connectivity index (χ4v) is 4.27. The van der Waals surface area contributed by atoms with Crippen molar-refractivity contribution in [2.24, 2.45) is 17.8 Å². The molecule has 2 unspecified atom stereocenters. The van der Waals surface area contributed by atoms with Crippen molar-refractivity contribution in [1.29, 1.82) is 5.41 Å². The van der Waals surface area contributed by atoms with Crippen LogP contribution in [0, 0.1) is 23.2 Å². The lowest BCUT2D eigenvalue weighted by atomic mass is 9.89. The van der Waals surface area contributed by atoms with Gasteiger partial charge in [0, 0.05) is 24.0 Å². The maximum atomic E-state index is 8.71. The molecule has 130 valence electrons. The van der Waals surface area contributed by atoms with Gasteiger partial charge in [0.25, 0.3) is 0 Å². The number of hydrogen-bond donors (Lipinski definition) is 4. The van der Waals surface area contributed by atoms with Crippen LogP contribution in [0.2, 0.25) is 0 Å². The third-order valence-corrected chi connectivity index (χ3v) is 5.71. The standard InChI is InChI=1S/C20H30N4/c1-13(14-9-15-11-23-12-16(15)10-14)24-20(2,3)19(21)17-7-5-6-8-18(17)22-4/h5-8,14-16,21-24H,1,9-12H2,2-4H3. The summed E-state index contributed by atoms with van der Waals surface area (Å²) >= 11 is 0. The molecule has 1 aliphatic carbocycles. The van der Waals surface area contributed by atoms with Crippen LogP contribution in [0.3, 0.4) is 0 Å². The highest BCUT2D eigenvalue weighted by atomic mass is 15.0. The van der Waals surface area contributed by atoms with E-state index < -0.39 is 5.54 Å². The molecule has 0 radical (unpaired) electrons. The molecule has 0 amide bonds. The summed E-state index contributed by atoms with van der Waals surface area (Å²) in [5, 5.41) is 19.0. The number of hydrogen-bond acceptors (Lipinski definition) is 4. The zero-order chi connectivity index (χ0) is 17.3. The maximum absolute atomic E-state index is 8.71. The number of para-hydroxylation sites is 1. The number of nitrogens with one attached hydrogen (secondary N) is 4. The quantitative estimate of drug-likeness (QED) is 0.607. The largest absolute Gasteiger partial charge is 0.388 e. The summed E-state index contributed by atoms with van der Waals surface area (Å²) in [6.07, 6.45) is 2.44. The van der Waals surface area contributed by atoms with Crippen molar-refractivity contribution in [2.75, 3.05) is 25.5 Å². The van der Waals surface area contributed by atoms with Crippen molar-refractivity contribution in [3.63, 3.8) is 0 Å². The van der Waals surface area contributed by atoms with Crippen LogP contribution in [0.15, 0.2) is 36.5 Å². The van der Waals surface area contributed by atoms with Gasteiger partial charge in [-0.15, -0.1) is 0 Å². The second kappa shape index (κ2) is 6.60. The average Bonchev–Trinajstić information content (AvgIpc) is 3.15. The molecule has 1 aromatic carbocycles. The molecule has 4 nitrogen and oxygen atoms in total. The molecule has 4 N–H and O–H groups in total. The fourth-order valence-electron chi connectivity index (χ4n) is 4.27. The topological polar surface area (TPSA) is 59.9 Å². The molecular weight excluding hydrogens is 296 g/mol. The van der Waals surface area contributed by atoms with E-state index in [4.69, 9.17) is 5.41 Å². The van der Waals surface area contributed by atoms with Crippen molar-refractivity contribution in [2.45, 2.75) is 32.2 Å². The van der Waals surface area contributed by atoms with Gasteiger partial charge in [0.15, 0.2) is 0 Å². The summed E-state index contributed by atoms with van der Waals surface area (Å²) in [4.78, 5) is 0. The van der Waals surface area contributed by atoms with E-state index in [0.717, 1.165) is 41.9 Å². The predicted octanol–water partition coefficient (Wildman–Crippen LogP) is 3.22. The molecular formula is C20H30N4. The SMILES string of the molecule is C=C(NC(C)(C)C(=N)c1ccccc1NC)C1CC2CNCC2C1. The normalized spacial score (nSPS) is 26.0. The Bertz CT molecular complexity index is 622. The Morgan fingerprint density at radius 2 is 1.83 bits per heavy atom. The molecule has 24 heavy (non-hydrogen) atoms. The van der Waals surface area contributed by atoms with E-state index in [-0.39, 0.29) is 0 Å². The molecule has 4 heteroatoms. The minimum absolute atomic E-state index is 0.444. The second-order valence-corrected chi connectivity index (χ2v) is 7.79. The highest BCUT2D eigenvalue weighted by Crippen LogP contribution is 2.41. The van der Waals surface area contributed by atoms with Crippen LogP contribution in [0.5, 0.6) is 0 Å². The third-order valence-electron chi connectivity index (χ3n) is 5.71. The van der Waals surface area contributed by atoms with Gasteiger partial charge in [-0.25, -0.2) is 0 Å². The first-order valence-electron chi connectivity index (χ1n) is 8.96. The summed E-state index contributed by atoms with van der Waals surface area (Å²) in [7, 11) is 1.90. The summed E-state index contributed by atoms with van der Waals surface area (Å²) in [6.45, 7) is 10.8. The van der Waals surface area contributed by atoms with Crippen molar-refractivity contribution in [3.8, 4) is 0 Å². The van der Waals surface area contributed by atoms with Gasteiger partial charge in [-0.3, -0.25) is 0 Å². The van der Waals surface area contributed by atoms with Gasteiger partial charge in [0.05, 0.1) is 11.3 Å². The van der Waals surface area contributed by atoms with Gasteiger partial charge < -0.3 is 21.4 Å². The molecule has 0 spiro atoms. The second-order valence-electron chi connectivity index (χ2n) is 7.79. The van der Waals surface area contributed by atoms with Crippen LogP contribution in [0.4, 0.5) is 5.69 Å². The average molecular weight is 326 g/mol. The van der Waals surface area contributed by atoms with Crippen LogP contribution < -0.4 is 16.0 Å². The van der Waals surface area contributed by atoms with Crippen molar-refractivity contribution < 1.29 is 0 Å². The minimum Gasteiger partial charge on any atom is -0.388 e. The van der Waals surface area contributed by atoms with E-state index in [1.807, 2.05) is 31.3 Å². The fraction of sp³-hybridized carbons (Fsp3) is 0.550. The summed E-state index contributed by atoms with van der Waals surface area (Å²) < 4.78 is 0. The number of rotatable bonds is 6. The van der Waals surface area contributed by atoms with Gasteiger partial charge in [-0.05, 0) is 63.6 Å². The highest BCUT2D eigenvalue weighted by molar-refractivity contribution is 6.08. The van der Waals surface area contributed by atoms with Gasteiger partial charge in [-0.2, -0.15) is 0 Å². The number of benzene rings is 1. The van der Waals surface area contributed by atoms with Crippen molar-refractivity contribution in [1.82, 2.24) is 10.6 Å². The molecule has 2 atom stereocenters. The Balaban J connectivity index is 1.69. The smallest absolute Gasteiger partial charge is 0.0736 e. The lowest BCUT2D eigenvalue weighted by molar-refractivity contribution is 0.470. The molecule has 1 aliphatic heterocycles.